The zero-order valence-electron chi connectivity index (χ0n) is 15.4. The monoisotopic (exact) mass is 387 g/mol. The van der Waals surface area contributed by atoms with Gasteiger partial charge in [-0.3, -0.25) is 24.5 Å². The van der Waals surface area contributed by atoms with Crippen LogP contribution in [0.15, 0.2) is 48.7 Å². The number of nitrogens with one attached hydrogen (secondary N) is 2. The molecule has 5 rings (SSSR count). The fraction of sp³-hybridized carbons (Fsp3) is 0.182. The van der Waals surface area contributed by atoms with Crippen LogP contribution >= 0.6 is 0 Å². The van der Waals surface area contributed by atoms with Crippen molar-refractivity contribution in [2.24, 2.45) is 0 Å². The number of para-hydroxylation sites is 1. The van der Waals surface area contributed by atoms with E-state index < -0.39 is 11.9 Å². The third-order valence-electron chi connectivity index (χ3n) is 5.62. The molecule has 3 amide bonds. The van der Waals surface area contributed by atoms with Crippen LogP contribution in [0, 0.1) is 0 Å². The van der Waals surface area contributed by atoms with Crippen LogP contribution in [-0.4, -0.2) is 39.4 Å². The van der Waals surface area contributed by atoms with Crippen molar-refractivity contribution >= 4 is 34.4 Å². The molecule has 1 unspecified atom stereocenters. The zero-order valence-corrected chi connectivity index (χ0v) is 15.4. The molecule has 144 valence electrons. The second-order valence-electron chi connectivity index (χ2n) is 7.35. The number of ketones is 1. The van der Waals surface area contributed by atoms with Crippen LogP contribution in [0.25, 0.3) is 10.9 Å². The number of aromatic nitrogens is 1. The average Bonchev–Trinajstić information content (AvgIpc) is 3.29. The third-order valence-corrected chi connectivity index (χ3v) is 5.62. The Bertz CT molecular complexity index is 1210. The summed E-state index contributed by atoms with van der Waals surface area (Å²) in [4.78, 5) is 54.0. The maximum Gasteiger partial charge on any atom is 0.255 e. The maximum absolute atomic E-state index is 13.1. The van der Waals surface area contributed by atoms with Gasteiger partial charge in [0.25, 0.3) is 5.91 Å². The van der Waals surface area contributed by atoms with Gasteiger partial charge in [-0.25, -0.2) is 0 Å². The fourth-order valence-corrected chi connectivity index (χ4v) is 4.13. The molecule has 2 aromatic carbocycles. The molecule has 0 saturated carbocycles. The average molecular weight is 387 g/mol. The van der Waals surface area contributed by atoms with Crippen molar-refractivity contribution < 1.29 is 19.2 Å². The van der Waals surface area contributed by atoms with Gasteiger partial charge in [-0.2, -0.15) is 0 Å². The molecule has 2 N–H and O–H groups in total. The van der Waals surface area contributed by atoms with Gasteiger partial charge in [0.2, 0.25) is 11.8 Å². The Labute approximate surface area is 165 Å². The number of rotatable bonds is 3. The Morgan fingerprint density at radius 3 is 2.72 bits per heavy atom. The summed E-state index contributed by atoms with van der Waals surface area (Å²) in [7, 11) is 0. The van der Waals surface area contributed by atoms with Gasteiger partial charge >= 0.3 is 0 Å². The number of amides is 3. The summed E-state index contributed by atoms with van der Waals surface area (Å²) in [6, 6.07) is 11.9. The minimum absolute atomic E-state index is 0.128. The first-order valence-corrected chi connectivity index (χ1v) is 9.41. The van der Waals surface area contributed by atoms with Crippen LogP contribution in [0.5, 0.6) is 0 Å². The predicted octanol–water partition coefficient (Wildman–Crippen LogP) is 2.16. The van der Waals surface area contributed by atoms with Crippen molar-refractivity contribution in [2.75, 3.05) is 0 Å². The fourth-order valence-electron chi connectivity index (χ4n) is 4.13. The Morgan fingerprint density at radius 1 is 1.07 bits per heavy atom. The molecule has 3 aromatic rings. The molecule has 0 radical (unpaired) electrons. The molecule has 3 heterocycles. The Morgan fingerprint density at radius 2 is 1.90 bits per heavy atom. The highest BCUT2D eigenvalue weighted by Crippen LogP contribution is 2.29. The Hall–Kier alpha value is -3.74. The van der Waals surface area contributed by atoms with E-state index in [1.54, 1.807) is 24.4 Å². The van der Waals surface area contributed by atoms with Gasteiger partial charge in [0.1, 0.15) is 6.04 Å². The molecule has 0 spiro atoms. The molecule has 7 nitrogen and oxygen atoms in total. The normalized spacial score (nSPS) is 18.8. The smallest absolute Gasteiger partial charge is 0.255 e. The van der Waals surface area contributed by atoms with Crippen LogP contribution in [0.2, 0.25) is 0 Å². The Kier molecular flexibility index (Phi) is 3.84. The summed E-state index contributed by atoms with van der Waals surface area (Å²) >= 11 is 0. The summed E-state index contributed by atoms with van der Waals surface area (Å²) in [6.07, 6.45) is 2.22. The minimum Gasteiger partial charge on any atom is -0.360 e. The quantitative estimate of drug-likeness (QED) is 0.531. The molecule has 2 aliphatic rings. The molecule has 1 aromatic heterocycles. The number of carbonyl (C=O) groups is 4. The number of nitrogens with zero attached hydrogens (tertiary/aromatic N) is 1. The molecule has 7 heteroatoms. The van der Waals surface area contributed by atoms with E-state index >= 15 is 0 Å². The highest BCUT2D eigenvalue weighted by molar-refractivity contribution is 6.17. The van der Waals surface area contributed by atoms with Gasteiger partial charge in [0, 0.05) is 46.8 Å². The van der Waals surface area contributed by atoms with Crippen molar-refractivity contribution in [3.8, 4) is 0 Å². The van der Waals surface area contributed by atoms with Crippen molar-refractivity contribution in [2.45, 2.75) is 25.4 Å². The van der Waals surface area contributed by atoms with Crippen LogP contribution in [0.3, 0.4) is 0 Å². The summed E-state index contributed by atoms with van der Waals surface area (Å²) < 4.78 is 0. The molecule has 29 heavy (non-hydrogen) atoms. The molecule has 1 fully saturated rings. The van der Waals surface area contributed by atoms with Crippen molar-refractivity contribution in [1.29, 1.82) is 0 Å². The van der Waals surface area contributed by atoms with Gasteiger partial charge in [-0.15, -0.1) is 0 Å². The van der Waals surface area contributed by atoms with Crippen LogP contribution in [-0.2, 0) is 16.1 Å². The van der Waals surface area contributed by atoms with E-state index in [4.69, 9.17) is 0 Å². The summed E-state index contributed by atoms with van der Waals surface area (Å²) in [5, 5.41) is 3.14. The van der Waals surface area contributed by atoms with Crippen molar-refractivity contribution in [1.82, 2.24) is 15.2 Å². The lowest BCUT2D eigenvalue weighted by Crippen LogP contribution is -2.52. The standard InChI is InChI=1S/C22H17N3O4/c26-19-8-7-18(21(28)24-19)25-11-13-9-12(5-6-14(13)22(25)29)20(27)16-10-23-17-4-2-1-3-15(16)17/h1-6,9-10,18,23H,7-8,11H2,(H,24,26,28). The molecule has 1 saturated heterocycles. The molecular weight excluding hydrogens is 370 g/mol. The van der Waals surface area contributed by atoms with Crippen LogP contribution in [0.4, 0.5) is 0 Å². The maximum atomic E-state index is 13.1. The third kappa shape index (κ3) is 2.74. The topological polar surface area (TPSA) is 99.3 Å². The van der Waals surface area contributed by atoms with Gasteiger partial charge < -0.3 is 9.88 Å². The minimum atomic E-state index is -0.666. The van der Waals surface area contributed by atoms with E-state index in [9.17, 15) is 19.2 Å². The molecule has 0 bridgehead atoms. The first-order chi connectivity index (χ1) is 14.0. The number of carbonyl (C=O) groups excluding carboxylic acids is 4. The number of H-pyrrole nitrogens is 1. The number of benzene rings is 2. The highest BCUT2D eigenvalue weighted by atomic mass is 16.2. The summed E-state index contributed by atoms with van der Waals surface area (Å²) in [5.41, 5.74) is 3.16. The SMILES string of the molecule is O=C1CCC(N2Cc3cc(C(=O)c4c[nH]c5ccccc45)ccc3C2=O)C(=O)N1. The molecular formula is C22H17N3O4. The van der Waals surface area contributed by atoms with Crippen LogP contribution < -0.4 is 5.32 Å². The lowest BCUT2D eigenvalue weighted by Gasteiger charge is -2.29. The number of fused-ring (bicyclic) bond motifs is 2. The van der Waals surface area contributed by atoms with E-state index in [0.717, 1.165) is 10.9 Å². The number of hydrogen-bond acceptors (Lipinski definition) is 4. The van der Waals surface area contributed by atoms with E-state index in [0.29, 0.717) is 28.7 Å². The zero-order chi connectivity index (χ0) is 20.1. The van der Waals surface area contributed by atoms with Crippen LogP contribution in [0.1, 0.15) is 44.7 Å². The lowest BCUT2D eigenvalue weighted by atomic mass is 9.99. The first-order valence-electron chi connectivity index (χ1n) is 9.41. The summed E-state index contributed by atoms with van der Waals surface area (Å²) in [6.45, 7) is 0.245. The largest absolute Gasteiger partial charge is 0.360 e. The molecule has 1 atom stereocenters. The van der Waals surface area contributed by atoms with Crippen molar-refractivity contribution in [3.05, 3.63) is 70.9 Å². The number of aromatic amines is 1. The van der Waals surface area contributed by atoms with E-state index in [1.165, 1.54) is 4.90 Å². The number of imide groups is 1. The molecule has 0 aliphatic carbocycles. The van der Waals surface area contributed by atoms with Gasteiger partial charge in [-0.05, 0) is 30.2 Å². The van der Waals surface area contributed by atoms with Gasteiger partial charge in [-0.1, -0.05) is 24.3 Å². The second-order valence-corrected chi connectivity index (χ2v) is 7.35. The number of piperidine rings is 1. The molecule has 2 aliphatic heterocycles. The van der Waals surface area contributed by atoms with E-state index in [1.807, 2.05) is 24.3 Å². The highest BCUT2D eigenvalue weighted by Gasteiger charge is 2.39. The van der Waals surface area contributed by atoms with Gasteiger partial charge in [0.05, 0.1) is 0 Å². The van der Waals surface area contributed by atoms with E-state index in [2.05, 4.69) is 10.3 Å². The predicted molar refractivity (Wildman–Crippen MR) is 104 cm³/mol. The number of hydrogen-bond donors (Lipinski definition) is 2. The second kappa shape index (κ2) is 6.41. The van der Waals surface area contributed by atoms with E-state index in [-0.39, 0.29) is 30.6 Å². The van der Waals surface area contributed by atoms with Crippen molar-refractivity contribution in [3.63, 3.8) is 0 Å². The van der Waals surface area contributed by atoms with Gasteiger partial charge in [0.15, 0.2) is 5.78 Å². The Balaban J connectivity index is 1.45. The summed E-state index contributed by atoms with van der Waals surface area (Å²) in [5.74, 6) is -1.14. The lowest BCUT2D eigenvalue weighted by molar-refractivity contribution is -0.136. The first kappa shape index (κ1) is 17.4.